The standard InChI is InChI=1S/C28H44O3/c1-18(9-7-15-27(4,5)31)23-13-14-24-21(10-8-16-28(23,24)6)11-12-22-17-25(29)20(3)26(30)19(22)2/h11-12,18,23-26,29-31H,2-3,7-10,13-17H2,1,4-6H3/b21-11+,22-12-/t18-,23-,24+,25-,26-,28?/m1/s1. The monoisotopic (exact) mass is 428 g/mol. The molecule has 3 saturated carbocycles. The number of allylic oxidation sites excluding steroid dienone is 3. The molecule has 3 heteroatoms. The summed E-state index contributed by atoms with van der Waals surface area (Å²) >= 11 is 0. The van der Waals surface area contributed by atoms with Crippen LogP contribution in [0.3, 0.4) is 0 Å². The van der Waals surface area contributed by atoms with Gasteiger partial charge in [-0.25, -0.2) is 0 Å². The molecular weight excluding hydrogens is 384 g/mol. The molecule has 0 saturated heterocycles. The van der Waals surface area contributed by atoms with Gasteiger partial charge in [-0.05, 0) is 92.3 Å². The highest BCUT2D eigenvalue weighted by molar-refractivity contribution is 5.45. The van der Waals surface area contributed by atoms with Gasteiger partial charge in [0.25, 0.3) is 0 Å². The molecule has 0 aliphatic heterocycles. The van der Waals surface area contributed by atoms with Crippen LogP contribution in [0.5, 0.6) is 0 Å². The van der Waals surface area contributed by atoms with E-state index in [0.717, 1.165) is 30.8 Å². The first-order chi connectivity index (χ1) is 14.4. The summed E-state index contributed by atoms with van der Waals surface area (Å²) in [7, 11) is 0. The lowest BCUT2D eigenvalue weighted by atomic mass is 9.60. The van der Waals surface area contributed by atoms with E-state index in [1.54, 1.807) is 0 Å². The molecule has 31 heavy (non-hydrogen) atoms. The fourth-order valence-electron chi connectivity index (χ4n) is 6.71. The van der Waals surface area contributed by atoms with Crippen molar-refractivity contribution in [2.45, 2.75) is 103 Å². The van der Waals surface area contributed by atoms with Gasteiger partial charge in [0.1, 0.15) is 6.10 Å². The average Bonchev–Trinajstić information content (AvgIpc) is 3.04. The molecule has 3 N–H and O–H groups in total. The molecule has 3 rings (SSSR count). The molecule has 0 aromatic heterocycles. The van der Waals surface area contributed by atoms with Crippen molar-refractivity contribution in [1.29, 1.82) is 0 Å². The van der Waals surface area contributed by atoms with Crippen molar-refractivity contribution in [3.05, 3.63) is 47.6 Å². The molecule has 3 nitrogen and oxygen atoms in total. The van der Waals surface area contributed by atoms with Gasteiger partial charge in [-0.1, -0.05) is 57.6 Å². The lowest BCUT2D eigenvalue weighted by Crippen LogP contribution is -2.36. The molecule has 0 amide bonds. The predicted octanol–water partition coefficient (Wildman–Crippen LogP) is 5.87. The van der Waals surface area contributed by atoms with Gasteiger partial charge in [-0.15, -0.1) is 0 Å². The second-order valence-electron chi connectivity index (χ2n) is 11.4. The zero-order valence-corrected chi connectivity index (χ0v) is 20.2. The highest BCUT2D eigenvalue weighted by Crippen LogP contribution is 2.60. The van der Waals surface area contributed by atoms with Gasteiger partial charge < -0.3 is 15.3 Å². The summed E-state index contributed by atoms with van der Waals surface area (Å²) in [6.45, 7) is 16.6. The second-order valence-corrected chi connectivity index (χ2v) is 11.4. The normalized spacial score (nSPS) is 38.0. The first kappa shape index (κ1) is 24.5. The maximum atomic E-state index is 10.3. The van der Waals surface area contributed by atoms with Crippen LogP contribution in [0.1, 0.15) is 85.5 Å². The van der Waals surface area contributed by atoms with Crippen LogP contribution in [0.15, 0.2) is 47.6 Å². The van der Waals surface area contributed by atoms with Crippen LogP contribution in [-0.2, 0) is 0 Å². The summed E-state index contributed by atoms with van der Waals surface area (Å²) in [5, 5.41) is 30.5. The summed E-state index contributed by atoms with van der Waals surface area (Å²) in [5.74, 6) is 2.05. The molecule has 3 fully saturated rings. The summed E-state index contributed by atoms with van der Waals surface area (Å²) < 4.78 is 0. The molecule has 3 aliphatic rings. The Kier molecular flexibility index (Phi) is 7.40. The highest BCUT2D eigenvalue weighted by Gasteiger charge is 2.50. The molecule has 1 unspecified atom stereocenters. The number of hydrogen-bond donors (Lipinski definition) is 3. The van der Waals surface area contributed by atoms with Crippen molar-refractivity contribution in [3.63, 3.8) is 0 Å². The minimum atomic E-state index is -0.842. The van der Waals surface area contributed by atoms with Gasteiger partial charge in [0, 0.05) is 6.42 Å². The van der Waals surface area contributed by atoms with Crippen molar-refractivity contribution in [2.75, 3.05) is 0 Å². The van der Waals surface area contributed by atoms with Crippen LogP contribution >= 0.6 is 0 Å². The molecule has 0 aromatic carbocycles. The minimum absolute atomic E-state index is 0.355. The van der Waals surface area contributed by atoms with E-state index in [2.05, 4.69) is 39.2 Å². The summed E-state index contributed by atoms with van der Waals surface area (Å²) in [6.07, 6.45) is 12.7. The van der Waals surface area contributed by atoms with Crippen molar-refractivity contribution in [1.82, 2.24) is 0 Å². The maximum Gasteiger partial charge on any atom is 0.102 e. The maximum absolute atomic E-state index is 10.3. The molecule has 0 aromatic rings. The Balaban J connectivity index is 1.72. The molecule has 0 spiro atoms. The van der Waals surface area contributed by atoms with Gasteiger partial charge in [0.2, 0.25) is 0 Å². The third-order valence-electron chi connectivity index (χ3n) is 8.61. The minimum Gasteiger partial charge on any atom is -0.390 e. The molecule has 174 valence electrons. The van der Waals surface area contributed by atoms with E-state index in [4.69, 9.17) is 0 Å². The number of aliphatic hydroxyl groups is 3. The van der Waals surface area contributed by atoms with Gasteiger partial charge in [0.05, 0.1) is 11.7 Å². The number of aliphatic hydroxyl groups excluding tert-OH is 2. The Morgan fingerprint density at radius 2 is 1.90 bits per heavy atom. The topological polar surface area (TPSA) is 60.7 Å². The van der Waals surface area contributed by atoms with Crippen LogP contribution in [0, 0.1) is 23.2 Å². The van der Waals surface area contributed by atoms with Crippen molar-refractivity contribution >= 4 is 0 Å². The molecule has 0 bridgehead atoms. The molecule has 6 atom stereocenters. The zero-order chi connectivity index (χ0) is 23.0. The number of rotatable bonds is 6. The van der Waals surface area contributed by atoms with Gasteiger partial charge in [-0.2, -0.15) is 0 Å². The van der Waals surface area contributed by atoms with E-state index in [9.17, 15) is 15.3 Å². The zero-order valence-electron chi connectivity index (χ0n) is 20.2. The Morgan fingerprint density at radius 3 is 2.58 bits per heavy atom. The van der Waals surface area contributed by atoms with Crippen LogP contribution < -0.4 is 0 Å². The van der Waals surface area contributed by atoms with E-state index < -0.39 is 17.8 Å². The Labute approximate surface area is 189 Å². The van der Waals surface area contributed by atoms with Crippen LogP contribution in [-0.4, -0.2) is 33.1 Å². The predicted molar refractivity (Wildman–Crippen MR) is 129 cm³/mol. The molecule has 3 aliphatic carbocycles. The van der Waals surface area contributed by atoms with Crippen LogP contribution in [0.25, 0.3) is 0 Å². The van der Waals surface area contributed by atoms with E-state index in [1.807, 2.05) is 13.8 Å². The molecule has 0 heterocycles. The fraction of sp³-hybridized carbons (Fsp3) is 0.714. The van der Waals surface area contributed by atoms with Crippen molar-refractivity contribution in [3.8, 4) is 0 Å². The number of fused-ring (bicyclic) bond motifs is 1. The average molecular weight is 429 g/mol. The SMILES string of the molecule is C=C1/C(=C\C=C2/CCCC3(C)[C@@H]([C@H](C)CCCC(C)(C)O)CC[C@@H]23)C[C@@H](O)C(=C)[C@@H]1O. The van der Waals surface area contributed by atoms with E-state index in [-0.39, 0.29) is 0 Å². The first-order valence-electron chi connectivity index (χ1n) is 12.3. The van der Waals surface area contributed by atoms with Gasteiger partial charge in [0.15, 0.2) is 0 Å². The first-order valence-corrected chi connectivity index (χ1v) is 12.3. The third kappa shape index (κ3) is 5.26. The van der Waals surface area contributed by atoms with Gasteiger partial charge >= 0.3 is 0 Å². The number of hydrogen-bond acceptors (Lipinski definition) is 3. The highest BCUT2D eigenvalue weighted by atomic mass is 16.3. The largest absolute Gasteiger partial charge is 0.390 e. The Bertz CT molecular complexity index is 753. The van der Waals surface area contributed by atoms with Crippen LogP contribution in [0.2, 0.25) is 0 Å². The van der Waals surface area contributed by atoms with Crippen molar-refractivity contribution < 1.29 is 15.3 Å². The van der Waals surface area contributed by atoms with E-state index in [1.165, 1.54) is 37.7 Å². The van der Waals surface area contributed by atoms with E-state index in [0.29, 0.717) is 34.8 Å². The van der Waals surface area contributed by atoms with Crippen molar-refractivity contribution in [2.24, 2.45) is 23.2 Å². The summed E-state index contributed by atoms with van der Waals surface area (Å²) in [6, 6.07) is 0. The summed E-state index contributed by atoms with van der Waals surface area (Å²) in [5.41, 5.74) is 3.41. The summed E-state index contributed by atoms with van der Waals surface area (Å²) in [4.78, 5) is 0. The third-order valence-corrected chi connectivity index (χ3v) is 8.61. The molecular formula is C28H44O3. The Hall–Kier alpha value is -1.16. The quantitative estimate of drug-likeness (QED) is 0.464. The molecule has 0 radical (unpaired) electrons. The van der Waals surface area contributed by atoms with Crippen LogP contribution in [0.4, 0.5) is 0 Å². The van der Waals surface area contributed by atoms with Gasteiger partial charge in [-0.3, -0.25) is 0 Å². The lowest BCUT2D eigenvalue weighted by molar-refractivity contribution is 0.0596. The smallest absolute Gasteiger partial charge is 0.102 e. The Morgan fingerprint density at radius 1 is 1.19 bits per heavy atom. The lowest BCUT2D eigenvalue weighted by Gasteiger charge is -2.44. The second kappa shape index (κ2) is 9.37. The fourth-order valence-corrected chi connectivity index (χ4v) is 6.71. The van der Waals surface area contributed by atoms with E-state index >= 15 is 0 Å².